The van der Waals surface area contributed by atoms with Crippen LogP contribution in [0.25, 0.3) is 41.7 Å². The van der Waals surface area contributed by atoms with E-state index in [1.807, 2.05) is 36.4 Å². The van der Waals surface area contributed by atoms with Gasteiger partial charge < -0.3 is 0 Å². The van der Waals surface area contributed by atoms with E-state index in [2.05, 4.69) is 62.4 Å². The van der Waals surface area contributed by atoms with Gasteiger partial charge in [0, 0.05) is 25.2 Å². The van der Waals surface area contributed by atoms with E-state index in [-0.39, 0.29) is 5.43 Å². The first-order valence-electron chi connectivity index (χ1n) is 10.5. The predicted octanol–water partition coefficient (Wildman–Crippen LogP) is 8.68. The summed E-state index contributed by atoms with van der Waals surface area (Å²) in [6.07, 6.45) is 0. The van der Waals surface area contributed by atoms with Crippen molar-refractivity contribution >= 4 is 64.7 Å². The van der Waals surface area contributed by atoms with Crippen LogP contribution in [0.3, 0.4) is 0 Å². The fourth-order valence-electron chi connectivity index (χ4n) is 4.34. The van der Waals surface area contributed by atoms with E-state index in [1.165, 1.54) is 32.7 Å². The monoisotopic (exact) mass is 452 g/mol. The van der Waals surface area contributed by atoms with Crippen molar-refractivity contribution < 1.29 is 0 Å². The molecule has 0 N–H and O–H groups in total. The third-order valence-corrected chi connectivity index (χ3v) is 7.39. The van der Waals surface area contributed by atoms with Crippen molar-refractivity contribution in [3.63, 3.8) is 0 Å². The van der Waals surface area contributed by atoms with Gasteiger partial charge in [-0.25, -0.2) is 0 Å². The van der Waals surface area contributed by atoms with Gasteiger partial charge >= 0.3 is 0 Å². The Balaban J connectivity index is 0.000000135. The van der Waals surface area contributed by atoms with Crippen molar-refractivity contribution in [3.8, 4) is 0 Å². The number of rotatable bonds is 0. The quantitative estimate of drug-likeness (QED) is 0.211. The molecular formula is C29H21ClOS. The highest BCUT2D eigenvalue weighted by Gasteiger charge is 2.07. The minimum Gasteiger partial charge on any atom is -0.289 e. The van der Waals surface area contributed by atoms with Gasteiger partial charge in [-0.1, -0.05) is 72.3 Å². The van der Waals surface area contributed by atoms with Gasteiger partial charge in [0.15, 0.2) is 5.43 Å². The number of halogens is 1. The van der Waals surface area contributed by atoms with Gasteiger partial charge in [-0.05, 0) is 76.9 Å². The highest BCUT2D eigenvalue weighted by atomic mass is 35.5. The zero-order valence-electron chi connectivity index (χ0n) is 17.9. The second kappa shape index (κ2) is 8.38. The molecule has 156 valence electrons. The third kappa shape index (κ3) is 3.56. The molecule has 0 aliphatic heterocycles. The first kappa shape index (κ1) is 20.7. The molecule has 1 aromatic heterocycles. The molecule has 0 saturated carbocycles. The molecule has 0 spiro atoms. The van der Waals surface area contributed by atoms with Gasteiger partial charge in [-0.2, -0.15) is 0 Å². The summed E-state index contributed by atoms with van der Waals surface area (Å²) in [5.74, 6) is 0. The zero-order chi connectivity index (χ0) is 22.2. The van der Waals surface area contributed by atoms with Crippen LogP contribution in [-0.2, 0) is 0 Å². The largest absolute Gasteiger partial charge is 0.289 e. The smallest absolute Gasteiger partial charge is 0.195 e. The summed E-state index contributed by atoms with van der Waals surface area (Å²) in [7, 11) is 0. The molecule has 0 unspecified atom stereocenters. The molecule has 0 aliphatic carbocycles. The molecule has 1 heterocycles. The highest BCUT2D eigenvalue weighted by Crippen LogP contribution is 2.31. The van der Waals surface area contributed by atoms with Crippen molar-refractivity contribution in [1.29, 1.82) is 0 Å². The lowest BCUT2D eigenvalue weighted by Gasteiger charge is -2.11. The zero-order valence-corrected chi connectivity index (χ0v) is 19.4. The van der Waals surface area contributed by atoms with E-state index in [0.29, 0.717) is 10.4 Å². The fraction of sp³-hybridized carbons (Fsp3) is 0.0690. The van der Waals surface area contributed by atoms with Gasteiger partial charge in [0.25, 0.3) is 0 Å². The minimum absolute atomic E-state index is 0.0619. The molecule has 0 bridgehead atoms. The van der Waals surface area contributed by atoms with Crippen LogP contribution in [-0.4, -0.2) is 0 Å². The van der Waals surface area contributed by atoms with Crippen LogP contribution < -0.4 is 5.43 Å². The summed E-state index contributed by atoms with van der Waals surface area (Å²) in [4.78, 5) is 12.2. The van der Waals surface area contributed by atoms with E-state index in [0.717, 1.165) is 14.8 Å². The van der Waals surface area contributed by atoms with Crippen molar-refractivity contribution in [2.45, 2.75) is 13.8 Å². The Bertz CT molecular complexity index is 1560. The molecule has 1 nitrogen and oxygen atoms in total. The van der Waals surface area contributed by atoms with Crippen molar-refractivity contribution in [3.05, 3.63) is 117 Å². The molecule has 0 radical (unpaired) electrons. The molecule has 32 heavy (non-hydrogen) atoms. The van der Waals surface area contributed by atoms with Gasteiger partial charge in [0.2, 0.25) is 0 Å². The maximum atomic E-state index is 12.2. The summed E-state index contributed by atoms with van der Waals surface area (Å²) in [5.41, 5.74) is 2.83. The molecule has 6 aromatic rings. The summed E-state index contributed by atoms with van der Waals surface area (Å²) in [5, 5.41) is 7.57. The Hall–Kier alpha value is -3.20. The van der Waals surface area contributed by atoms with E-state index < -0.39 is 0 Å². The van der Waals surface area contributed by atoms with Crippen LogP contribution in [0.1, 0.15) is 11.1 Å². The lowest BCUT2D eigenvalue weighted by Crippen LogP contribution is -2.00. The molecule has 6 rings (SSSR count). The first-order valence-corrected chi connectivity index (χ1v) is 11.7. The van der Waals surface area contributed by atoms with Gasteiger partial charge in [-0.3, -0.25) is 4.79 Å². The van der Waals surface area contributed by atoms with Crippen LogP contribution in [0.5, 0.6) is 0 Å². The number of hydrogen-bond acceptors (Lipinski definition) is 2. The van der Waals surface area contributed by atoms with E-state index in [1.54, 1.807) is 17.4 Å². The minimum atomic E-state index is 0.0619. The summed E-state index contributed by atoms with van der Waals surface area (Å²) in [6.45, 7) is 4.42. The third-order valence-electron chi connectivity index (χ3n) is 6.01. The molecule has 5 aromatic carbocycles. The molecule has 0 atom stereocenters. The lowest BCUT2D eigenvalue weighted by atomic mass is 9.93. The predicted molar refractivity (Wildman–Crippen MR) is 142 cm³/mol. The SMILES string of the molecule is Cc1c2ccccc2c(C)c2ccccc12.O=c1c2ccccc2sc2ccc(Cl)cc12. The maximum absolute atomic E-state index is 12.2. The Kier molecular flexibility index (Phi) is 5.42. The molecule has 3 heteroatoms. The Labute approximate surface area is 195 Å². The summed E-state index contributed by atoms with van der Waals surface area (Å²) >= 11 is 7.52. The highest BCUT2D eigenvalue weighted by molar-refractivity contribution is 7.24. The molecule has 0 saturated heterocycles. The average molecular weight is 453 g/mol. The van der Waals surface area contributed by atoms with Crippen molar-refractivity contribution in [1.82, 2.24) is 0 Å². The number of benzene rings is 5. The molecule has 0 fully saturated rings. The molecular weight excluding hydrogens is 432 g/mol. The van der Waals surface area contributed by atoms with Gasteiger partial charge in [0.1, 0.15) is 0 Å². The molecule has 0 amide bonds. The number of hydrogen-bond donors (Lipinski definition) is 0. The van der Waals surface area contributed by atoms with E-state index >= 15 is 0 Å². The topological polar surface area (TPSA) is 17.1 Å². The summed E-state index contributed by atoms with van der Waals surface area (Å²) < 4.78 is 2.00. The second-order valence-electron chi connectivity index (χ2n) is 7.91. The number of fused-ring (bicyclic) bond motifs is 4. The van der Waals surface area contributed by atoms with Crippen molar-refractivity contribution in [2.24, 2.45) is 0 Å². The second-order valence-corrected chi connectivity index (χ2v) is 9.43. The Morgan fingerprint density at radius 2 is 1.00 bits per heavy atom. The fourth-order valence-corrected chi connectivity index (χ4v) is 5.56. The van der Waals surface area contributed by atoms with E-state index in [9.17, 15) is 4.79 Å². The maximum Gasteiger partial charge on any atom is 0.195 e. The summed E-state index contributed by atoms with van der Waals surface area (Å²) in [6, 6.07) is 30.4. The Morgan fingerprint density at radius 1 is 0.562 bits per heavy atom. The Morgan fingerprint density at radius 3 is 1.53 bits per heavy atom. The average Bonchev–Trinajstić information content (AvgIpc) is 2.84. The van der Waals surface area contributed by atoms with Crippen LogP contribution in [0.2, 0.25) is 5.02 Å². The van der Waals surface area contributed by atoms with Crippen LogP contribution in [0.4, 0.5) is 0 Å². The first-order chi connectivity index (χ1) is 15.5. The van der Waals surface area contributed by atoms with Crippen LogP contribution >= 0.6 is 22.9 Å². The molecule has 0 aliphatic rings. The van der Waals surface area contributed by atoms with Crippen LogP contribution in [0, 0.1) is 13.8 Å². The lowest BCUT2D eigenvalue weighted by molar-refractivity contribution is 1.52. The van der Waals surface area contributed by atoms with Gasteiger partial charge in [-0.15, -0.1) is 11.3 Å². The van der Waals surface area contributed by atoms with E-state index in [4.69, 9.17) is 11.6 Å². The van der Waals surface area contributed by atoms with Crippen molar-refractivity contribution in [2.75, 3.05) is 0 Å². The normalized spacial score (nSPS) is 11.1. The van der Waals surface area contributed by atoms with Gasteiger partial charge in [0.05, 0.1) is 0 Å². The standard InChI is InChI=1S/C16H14.C13H7ClOS/c1-11-13-7-3-5-9-15(13)12(2)16-10-6-4-8-14(11)16;14-8-5-6-12-10(7-8)13(15)9-3-1-2-4-11(9)16-12/h3-10H,1-2H3;1-7H. The van der Waals surface area contributed by atoms with Crippen LogP contribution in [0.15, 0.2) is 95.8 Å². The number of aryl methyl sites for hydroxylation is 2.